The summed E-state index contributed by atoms with van der Waals surface area (Å²) >= 11 is 1.12. The van der Waals surface area contributed by atoms with Crippen molar-refractivity contribution in [3.63, 3.8) is 0 Å². The minimum atomic E-state index is -0.426. The van der Waals surface area contributed by atoms with Crippen LogP contribution in [-0.4, -0.2) is 15.8 Å². The van der Waals surface area contributed by atoms with Crippen LogP contribution in [0.3, 0.4) is 0 Å². The number of nitro benzene ring substituents is 1. The van der Waals surface area contributed by atoms with E-state index >= 15 is 0 Å². The molecule has 0 fully saturated rings. The van der Waals surface area contributed by atoms with Crippen LogP contribution >= 0.6 is 11.8 Å². The fourth-order valence-electron chi connectivity index (χ4n) is 1.23. The average molecular weight is 249 g/mol. The Morgan fingerprint density at radius 1 is 1.53 bits per heavy atom. The van der Waals surface area contributed by atoms with Crippen LogP contribution in [0.25, 0.3) is 0 Å². The van der Waals surface area contributed by atoms with Crippen molar-refractivity contribution in [3.05, 3.63) is 39.4 Å². The monoisotopic (exact) mass is 249 g/mol. The van der Waals surface area contributed by atoms with Gasteiger partial charge in [-0.15, -0.1) is 0 Å². The Labute approximate surface area is 104 Å². The van der Waals surface area contributed by atoms with Gasteiger partial charge in [0.1, 0.15) is 0 Å². The van der Waals surface area contributed by atoms with Crippen LogP contribution < -0.4 is 0 Å². The van der Waals surface area contributed by atoms with Crippen LogP contribution in [0.15, 0.2) is 18.2 Å². The van der Waals surface area contributed by atoms with E-state index in [2.05, 4.69) is 11.8 Å². The van der Waals surface area contributed by atoms with Crippen molar-refractivity contribution in [1.29, 1.82) is 0 Å². The average Bonchev–Trinajstić information content (AvgIpc) is 2.25. The molecule has 0 radical (unpaired) electrons. The Bertz CT molecular complexity index is 514. The lowest BCUT2D eigenvalue weighted by atomic mass is 10.1. The summed E-state index contributed by atoms with van der Waals surface area (Å²) in [5.74, 6) is 6.05. The van der Waals surface area contributed by atoms with Gasteiger partial charge in [-0.3, -0.25) is 14.9 Å². The van der Waals surface area contributed by atoms with Gasteiger partial charge in [0, 0.05) is 24.1 Å². The van der Waals surface area contributed by atoms with Gasteiger partial charge in [-0.2, -0.15) is 0 Å². The molecule has 0 spiro atoms. The van der Waals surface area contributed by atoms with Crippen LogP contribution in [0.1, 0.15) is 18.1 Å². The highest BCUT2D eigenvalue weighted by Crippen LogP contribution is 2.20. The zero-order chi connectivity index (χ0) is 12.8. The second-order valence-corrected chi connectivity index (χ2v) is 4.44. The number of nitrogens with zero attached hydrogens (tertiary/aromatic N) is 1. The second-order valence-electron chi connectivity index (χ2n) is 3.29. The molecule has 0 saturated carbocycles. The molecule has 17 heavy (non-hydrogen) atoms. The van der Waals surface area contributed by atoms with E-state index in [1.54, 1.807) is 19.1 Å². The maximum Gasteiger partial charge on any atom is 0.273 e. The van der Waals surface area contributed by atoms with Crippen molar-refractivity contribution in [3.8, 4) is 11.8 Å². The van der Waals surface area contributed by atoms with Crippen molar-refractivity contribution in [2.45, 2.75) is 13.8 Å². The van der Waals surface area contributed by atoms with Gasteiger partial charge in [-0.05, 0) is 13.0 Å². The van der Waals surface area contributed by atoms with E-state index in [9.17, 15) is 14.9 Å². The normalized spacial score (nSPS) is 9.29. The van der Waals surface area contributed by atoms with E-state index in [0.29, 0.717) is 16.9 Å². The summed E-state index contributed by atoms with van der Waals surface area (Å²) in [7, 11) is 0. The number of hydrogen-bond acceptors (Lipinski definition) is 4. The predicted molar refractivity (Wildman–Crippen MR) is 67.9 cm³/mol. The fourth-order valence-corrected chi connectivity index (χ4v) is 1.57. The number of carbonyl (C=O) groups is 1. The summed E-state index contributed by atoms with van der Waals surface area (Å²) in [4.78, 5) is 20.9. The van der Waals surface area contributed by atoms with Crippen molar-refractivity contribution in [1.82, 2.24) is 0 Å². The van der Waals surface area contributed by atoms with Crippen LogP contribution in [-0.2, 0) is 4.79 Å². The zero-order valence-corrected chi connectivity index (χ0v) is 10.3. The van der Waals surface area contributed by atoms with Crippen molar-refractivity contribution in [2.24, 2.45) is 0 Å². The molecule has 0 aromatic heterocycles. The maximum absolute atomic E-state index is 10.7. The van der Waals surface area contributed by atoms with Crippen molar-refractivity contribution < 1.29 is 9.72 Å². The maximum atomic E-state index is 10.7. The lowest BCUT2D eigenvalue weighted by Gasteiger charge is -1.98. The standard InChI is InChI=1S/C12H11NO3S/c1-9-11(6-4-8-17-10(2)14)5-3-7-12(9)13(15)16/h3,5,7H,8H2,1-2H3. The topological polar surface area (TPSA) is 60.2 Å². The molecular weight excluding hydrogens is 238 g/mol. The Balaban J connectivity index is 2.88. The zero-order valence-electron chi connectivity index (χ0n) is 9.52. The van der Waals surface area contributed by atoms with Crippen molar-refractivity contribution in [2.75, 3.05) is 5.75 Å². The molecule has 1 aromatic carbocycles. The second kappa shape index (κ2) is 6.06. The number of rotatable bonds is 2. The number of nitro groups is 1. The van der Waals surface area contributed by atoms with Crippen LogP contribution in [0.2, 0.25) is 0 Å². The number of thioether (sulfide) groups is 1. The minimum Gasteiger partial charge on any atom is -0.288 e. The quantitative estimate of drug-likeness (QED) is 0.459. The third-order valence-corrected chi connectivity index (χ3v) is 2.77. The molecule has 0 N–H and O–H groups in total. The molecule has 4 nitrogen and oxygen atoms in total. The number of hydrogen-bond donors (Lipinski definition) is 0. The van der Waals surface area contributed by atoms with Crippen LogP contribution in [0, 0.1) is 28.9 Å². The molecule has 0 bridgehead atoms. The molecule has 0 unspecified atom stereocenters. The Morgan fingerprint density at radius 2 is 2.24 bits per heavy atom. The van der Waals surface area contributed by atoms with Gasteiger partial charge in [-0.1, -0.05) is 29.7 Å². The van der Waals surface area contributed by atoms with Gasteiger partial charge in [0.2, 0.25) is 0 Å². The highest BCUT2D eigenvalue weighted by Gasteiger charge is 2.11. The molecule has 1 aromatic rings. The van der Waals surface area contributed by atoms with E-state index in [1.807, 2.05) is 0 Å². The van der Waals surface area contributed by atoms with Gasteiger partial charge in [-0.25, -0.2) is 0 Å². The molecule has 1 rings (SSSR count). The fraction of sp³-hybridized carbons (Fsp3) is 0.250. The first-order valence-corrected chi connectivity index (χ1v) is 5.87. The SMILES string of the molecule is CC(=O)SCC#Cc1cccc([N+](=O)[O-])c1C. The molecule has 0 aliphatic carbocycles. The highest BCUT2D eigenvalue weighted by atomic mass is 32.2. The van der Waals surface area contributed by atoms with Crippen molar-refractivity contribution >= 4 is 22.6 Å². The number of carbonyl (C=O) groups excluding carboxylic acids is 1. The molecule has 88 valence electrons. The van der Waals surface area contributed by atoms with Crippen LogP contribution in [0.4, 0.5) is 5.69 Å². The molecule has 0 aliphatic rings. The van der Waals surface area contributed by atoms with Gasteiger partial charge >= 0.3 is 0 Å². The van der Waals surface area contributed by atoms with E-state index < -0.39 is 4.92 Å². The van der Waals surface area contributed by atoms with E-state index in [1.165, 1.54) is 13.0 Å². The Kier molecular flexibility index (Phi) is 4.73. The van der Waals surface area contributed by atoms with E-state index in [4.69, 9.17) is 0 Å². The van der Waals surface area contributed by atoms with Gasteiger partial charge in [0.25, 0.3) is 5.69 Å². The van der Waals surface area contributed by atoms with E-state index in [0.717, 1.165) is 11.8 Å². The summed E-state index contributed by atoms with van der Waals surface area (Å²) in [5.41, 5.74) is 1.25. The molecule has 0 atom stereocenters. The Morgan fingerprint density at radius 3 is 2.82 bits per heavy atom. The van der Waals surface area contributed by atoms with Gasteiger partial charge < -0.3 is 0 Å². The first kappa shape index (κ1) is 13.3. The highest BCUT2D eigenvalue weighted by molar-refractivity contribution is 8.13. The molecule has 0 heterocycles. The van der Waals surface area contributed by atoms with Crippen LogP contribution in [0.5, 0.6) is 0 Å². The molecular formula is C12H11NO3S. The summed E-state index contributed by atoms with van der Waals surface area (Å²) < 4.78 is 0. The summed E-state index contributed by atoms with van der Waals surface area (Å²) in [6.45, 7) is 3.14. The molecule has 0 amide bonds. The first-order valence-electron chi connectivity index (χ1n) is 4.88. The third-order valence-electron chi connectivity index (χ3n) is 2.07. The lowest BCUT2D eigenvalue weighted by molar-refractivity contribution is -0.385. The molecule has 0 saturated heterocycles. The summed E-state index contributed by atoms with van der Waals surface area (Å²) in [6.07, 6.45) is 0. The smallest absolute Gasteiger partial charge is 0.273 e. The summed E-state index contributed by atoms with van der Waals surface area (Å²) in [6, 6.07) is 4.78. The third kappa shape index (κ3) is 3.93. The van der Waals surface area contributed by atoms with Gasteiger partial charge in [0.15, 0.2) is 5.12 Å². The largest absolute Gasteiger partial charge is 0.288 e. The lowest BCUT2D eigenvalue weighted by Crippen LogP contribution is -1.93. The number of benzene rings is 1. The van der Waals surface area contributed by atoms with Gasteiger partial charge in [0.05, 0.1) is 10.7 Å². The first-order chi connectivity index (χ1) is 8.02. The minimum absolute atomic E-state index is 0.00932. The molecule has 0 aliphatic heterocycles. The summed E-state index contributed by atoms with van der Waals surface area (Å²) in [5, 5.41) is 10.7. The van der Waals surface area contributed by atoms with E-state index in [-0.39, 0.29) is 10.8 Å². The predicted octanol–water partition coefficient (Wildman–Crippen LogP) is 2.53. The Hall–Kier alpha value is -1.80. The molecule has 5 heteroatoms.